The summed E-state index contributed by atoms with van der Waals surface area (Å²) in [7, 11) is 0. The molecule has 1 aromatic rings. The number of halogens is 4. The Morgan fingerprint density at radius 2 is 1.75 bits per heavy atom. The summed E-state index contributed by atoms with van der Waals surface area (Å²) in [5.41, 5.74) is -0.258. The molecular formula is C7H4ClF3N. The maximum Gasteiger partial charge on any atom is 0.503 e. The fourth-order valence-electron chi connectivity index (χ4n) is 0.679. The predicted molar refractivity (Wildman–Crippen MR) is 39.3 cm³/mol. The zero-order chi connectivity index (χ0) is 9.19. The van der Waals surface area contributed by atoms with Crippen molar-refractivity contribution in [3.05, 3.63) is 29.3 Å². The first-order chi connectivity index (χ1) is 5.49. The van der Waals surface area contributed by atoms with E-state index in [4.69, 9.17) is 11.6 Å². The SMILES string of the molecule is FC(F)(F)[N]c1ccccc1Cl. The maximum absolute atomic E-state index is 11.7. The van der Waals surface area contributed by atoms with Gasteiger partial charge in [-0.2, -0.15) is 5.32 Å². The summed E-state index contributed by atoms with van der Waals surface area (Å²) >= 11 is 5.44. The molecule has 0 spiro atoms. The monoisotopic (exact) mass is 194 g/mol. The minimum absolute atomic E-state index is 0.00479. The molecule has 0 amide bonds. The lowest BCUT2D eigenvalue weighted by atomic mass is 10.3. The van der Waals surface area contributed by atoms with Crippen LogP contribution in [0.25, 0.3) is 0 Å². The molecule has 1 nitrogen and oxygen atoms in total. The van der Waals surface area contributed by atoms with Crippen molar-refractivity contribution in [2.75, 3.05) is 0 Å². The number of para-hydroxylation sites is 1. The summed E-state index contributed by atoms with van der Waals surface area (Å²) in [6.45, 7) is 0. The van der Waals surface area contributed by atoms with Crippen molar-refractivity contribution in [1.82, 2.24) is 5.32 Å². The van der Waals surface area contributed by atoms with Crippen molar-refractivity contribution >= 4 is 17.3 Å². The number of benzene rings is 1. The Labute approximate surface area is 72.1 Å². The zero-order valence-electron chi connectivity index (χ0n) is 5.77. The molecule has 0 atom stereocenters. The van der Waals surface area contributed by atoms with Crippen molar-refractivity contribution < 1.29 is 13.2 Å². The van der Waals surface area contributed by atoms with Crippen LogP contribution < -0.4 is 5.32 Å². The maximum atomic E-state index is 11.7. The van der Waals surface area contributed by atoms with Crippen LogP contribution in [-0.2, 0) is 0 Å². The van der Waals surface area contributed by atoms with E-state index in [0.29, 0.717) is 0 Å². The number of hydrogen-bond donors (Lipinski definition) is 0. The molecule has 0 saturated carbocycles. The summed E-state index contributed by atoms with van der Waals surface area (Å²) in [5, 5.41) is 2.45. The normalized spacial score (nSPS) is 11.3. The fourth-order valence-corrected chi connectivity index (χ4v) is 0.857. The Balaban J connectivity index is 2.83. The van der Waals surface area contributed by atoms with E-state index in [2.05, 4.69) is 5.32 Å². The predicted octanol–water partition coefficient (Wildman–Crippen LogP) is 3.10. The molecule has 0 aromatic heterocycles. The highest BCUT2D eigenvalue weighted by atomic mass is 35.5. The molecule has 0 bridgehead atoms. The third kappa shape index (κ3) is 2.62. The van der Waals surface area contributed by atoms with Crippen LogP contribution in [-0.4, -0.2) is 6.30 Å². The minimum atomic E-state index is -4.56. The summed E-state index contributed by atoms with van der Waals surface area (Å²) in [6.07, 6.45) is -4.56. The van der Waals surface area contributed by atoms with E-state index in [1.165, 1.54) is 24.3 Å². The van der Waals surface area contributed by atoms with Gasteiger partial charge in [0.2, 0.25) is 0 Å². The summed E-state index contributed by atoms with van der Waals surface area (Å²) in [4.78, 5) is 0. The molecule has 5 heteroatoms. The van der Waals surface area contributed by atoms with E-state index in [9.17, 15) is 13.2 Å². The molecule has 65 valence electrons. The topological polar surface area (TPSA) is 14.1 Å². The van der Waals surface area contributed by atoms with Crippen LogP contribution in [0.15, 0.2) is 24.3 Å². The first-order valence-electron chi connectivity index (χ1n) is 3.03. The summed E-state index contributed by atoms with van der Waals surface area (Å²) in [6, 6.07) is 5.54. The van der Waals surface area contributed by atoms with E-state index in [1.807, 2.05) is 0 Å². The Bertz CT molecular complexity index is 272. The molecule has 1 radical (unpaired) electrons. The van der Waals surface area contributed by atoms with E-state index < -0.39 is 6.30 Å². The highest BCUT2D eigenvalue weighted by molar-refractivity contribution is 6.32. The van der Waals surface area contributed by atoms with Gasteiger partial charge in [-0.15, -0.1) is 13.2 Å². The molecule has 0 heterocycles. The minimum Gasteiger partial charge on any atom is -0.183 e. The second-order valence-electron chi connectivity index (χ2n) is 2.03. The highest BCUT2D eigenvalue weighted by Gasteiger charge is 2.30. The number of alkyl halides is 3. The molecule has 0 unspecified atom stereocenters. The Morgan fingerprint density at radius 1 is 1.17 bits per heavy atom. The van der Waals surface area contributed by atoms with Crippen LogP contribution in [0.2, 0.25) is 5.02 Å². The molecule has 0 fully saturated rings. The van der Waals surface area contributed by atoms with Gasteiger partial charge in [0.1, 0.15) is 0 Å². The van der Waals surface area contributed by atoms with Crippen LogP contribution in [0.5, 0.6) is 0 Å². The Kier molecular flexibility index (Phi) is 2.47. The van der Waals surface area contributed by atoms with Crippen molar-refractivity contribution in [3.63, 3.8) is 0 Å². The lowest BCUT2D eigenvalue weighted by Crippen LogP contribution is -2.19. The van der Waals surface area contributed by atoms with Crippen molar-refractivity contribution in [2.24, 2.45) is 0 Å². The van der Waals surface area contributed by atoms with Gasteiger partial charge in [0.05, 0.1) is 10.7 Å². The lowest BCUT2D eigenvalue weighted by molar-refractivity contribution is -0.148. The van der Waals surface area contributed by atoms with Crippen molar-refractivity contribution in [3.8, 4) is 0 Å². The van der Waals surface area contributed by atoms with E-state index in [1.54, 1.807) is 0 Å². The summed E-state index contributed by atoms with van der Waals surface area (Å²) < 4.78 is 35.1. The smallest absolute Gasteiger partial charge is 0.183 e. The first kappa shape index (κ1) is 9.19. The van der Waals surface area contributed by atoms with Gasteiger partial charge >= 0.3 is 6.30 Å². The van der Waals surface area contributed by atoms with Gasteiger partial charge in [0.25, 0.3) is 0 Å². The van der Waals surface area contributed by atoms with Crippen LogP contribution >= 0.6 is 11.6 Å². The average molecular weight is 195 g/mol. The van der Waals surface area contributed by atoms with Gasteiger partial charge in [-0.3, -0.25) is 0 Å². The average Bonchev–Trinajstić information content (AvgIpc) is 1.91. The second kappa shape index (κ2) is 3.23. The third-order valence-corrected chi connectivity index (χ3v) is 1.42. The third-order valence-electron chi connectivity index (χ3n) is 1.10. The number of hydrogen-bond acceptors (Lipinski definition) is 0. The highest BCUT2D eigenvalue weighted by Crippen LogP contribution is 2.26. The fraction of sp³-hybridized carbons (Fsp3) is 0.143. The molecule has 0 aliphatic heterocycles. The number of nitrogens with zero attached hydrogens (tertiary/aromatic N) is 1. The van der Waals surface area contributed by atoms with Gasteiger partial charge in [-0.05, 0) is 12.1 Å². The molecule has 0 N–H and O–H groups in total. The second-order valence-corrected chi connectivity index (χ2v) is 2.44. The van der Waals surface area contributed by atoms with Gasteiger partial charge in [0.15, 0.2) is 0 Å². The lowest BCUT2D eigenvalue weighted by Gasteiger charge is -2.06. The quantitative estimate of drug-likeness (QED) is 0.610. The Hall–Kier alpha value is -0.900. The summed E-state index contributed by atoms with van der Waals surface area (Å²) in [5.74, 6) is 0. The van der Waals surface area contributed by atoms with Gasteiger partial charge in [-0.25, -0.2) is 0 Å². The molecule has 0 saturated heterocycles. The standard InChI is InChI=1S/C7H4ClF3N/c8-5-3-1-2-4-6(5)12-7(9,10)11/h1-4H. The molecule has 1 aromatic carbocycles. The van der Waals surface area contributed by atoms with Crippen LogP contribution in [0.1, 0.15) is 0 Å². The van der Waals surface area contributed by atoms with Crippen molar-refractivity contribution in [1.29, 1.82) is 0 Å². The van der Waals surface area contributed by atoms with Crippen LogP contribution in [0, 0.1) is 0 Å². The largest absolute Gasteiger partial charge is 0.503 e. The molecule has 0 aliphatic carbocycles. The van der Waals surface area contributed by atoms with Gasteiger partial charge in [0, 0.05) is 0 Å². The Morgan fingerprint density at radius 3 is 2.25 bits per heavy atom. The molecule has 1 rings (SSSR count). The molecular weight excluding hydrogens is 191 g/mol. The number of rotatable bonds is 1. The molecule has 0 aliphatic rings. The van der Waals surface area contributed by atoms with Crippen LogP contribution in [0.3, 0.4) is 0 Å². The van der Waals surface area contributed by atoms with E-state index >= 15 is 0 Å². The zero-order valence-corrected chi connectivity index (χ0v) is 6.52. The van der Waals surface area contributed by atoms with Gasteiger partial charge < -0.3 is 0 Å². The first-order valence-corrected chi connectivity index (χ1v) is 3.41. The molecule has 12 heavy (non-hydrogen) atoms. The van der Waals surface area contributed by atoms with Gasteiger partial charge in [-0.1, -0.05) is 23.7 Å². The van der Waals surface area contributed by atoms with Crippen molar-refractivity contribution in [2.45, 2.75) is 6.30 Å². The van der Waals surface area contributed by atoms with E-state index in [0.717, 1.165) is 0 Å². The van der Waals surface area contributed by atoms with E-state index in [-0.39, 0.29) is 10.7 Å². The van der Waals surface area contributed by atoms with Crippen LogP contribution in [0.4, 0.5) is 18.9 Å².